The molecule has 1 fully saturated rings. The molecule has 1 amide bonds. The summed E-state index contributed by atoms with van der Waals surface area (Å²) in [5.74, 6) is -0.349. The fraction of sp³-hybridized carbons (Fsp3) is 0.500. The Balaban J connectivity index is 2.04. The van der Waals surface area contributed by atoms with Gasteiger partial charge in [0, 0.05) is 18.2 Å². The molecule has 1 aromatic rings. The molecule has 104 valence electrons. The summed E-state index contributed by atoms with van der Waals surface area (Å²) in [6.45, 7) is 0.417. The van der Waals surface area contributed by atoms with E-state index in [1.165, 1.54) is 31.0 Å². The van der Waals surface area contributed by atoms with Crippen molar-refractivity contribution in [3.8, 4) is 11.5 Å². The minimum absolute atomic E-state index is 0.0223. The summed E-state index contributed by atoms with van der Waals surface area (Å²) < 4.78 is 0. The lowest BCUT2D eigenvalue weighted by atomic mass is 9.98. The van der Waals surface area contributed by atoms with Crippen LogP contribution >= 0.6 is 0 Å². The third-order valence-corrected chi connectivity index (χ3v) is 3.78. The number of phenols is 2. The van der Waals surface area contributed by atoms with Crippen LogP contribution in [0.2, 0.25) is 0 Å². The van der Waals surface area contributed by atoms with Crippen LogP contribution in [-0.2, 0) is 0 Å². The minimum Gasteiger partial charge on any atom is -0.504 e. The van der Waals surface area contributed by atoms with Crippen molar-refractivity contribution in [2.75, 3.05) is 6.54 Å². The molecule has 1 aliphatic rings. The predicted octanol–water partition coefficient (Wildman–Crippen LogP) is 1.35. The average molecular weight is 264 g/mol. The highest BCUT2D eigenvalue weighted by Crippen LogP contribution is 2.28. The standard InChI is InChI=1S/C14H20N2O3/c15-8-11(9-3-1-2-4-9)16-14(19)10-5-6-12(17)13(18)7-10/h5-7,9,11,17-18H,1-4,8,15H2,(H,16,19). The summed E-state index contributed by atoms with van der Waals surface area (Å²) >= 11 is 0. The van der Waals surface area contributed by atoms with Gasteiger partial charge in [-0.05, 0) is 37.0 Å². The van der Waals surface area contributed by atoms with Crippen molar-refractivity contribution in [2.45, 2.75) is 31.7 Å². The van der Waals surface area contributed by atoms with Crippen LogP contribution in [0.15, 0.2) is 18.2 Å². The zero-order chi connectivity index (χ0) is 13.8. The van der Waals surface area contributed by atoms with E-state index >= 15 is 0 Å². The summed E-state index contributed by atoms with van der Waals surface area (Å²) in [5.41, 5.74) is 6.05. The van der Waals surface area contributed by atoms with E-state index in [0.29, 0.717) is 18.0 Å². The van der Waals surface area contributed by atoms with Crippen molar-refractivity contribution in [1.82, 2.24) is 5.32 Å². The fourth-order valence-electron chi connectivity index (χ4n) is 2.65. The molecule has 1 aliphatic carbocycles. The van der Waals surface area contributed by atoms with E-state index in [1.54, 1.807) is 0 Å². The predicted molar refractivity (Wildman–Crippen MR) is 72.0 cm³/mol. The fourth-order valence-corrected chi connectivity index (χ4v) is 2.65. The van der Waals surface area contributed by atoms with Crippen LogP contribution in [0.5, 0.6) is 11.5 Å². The van der Waals surface area contributed by atoms with E-state index in [0.717, 1.165) is 12.8 Å². The maximum Gasteiger partial charge on any atom is 0.251 e. The van der Waals surface area contributed by atoms with E-state index in [2.05, 4.69) is 5.32 Å². The Morgan fingerprint density at radius 1 is 1.32 bits per heavy atom. The molecule has 5 nitrogen and oxygen atoms in total. The molecule has 1 saturated carbocycles. The van der Waals surface area contributed by atoms with Gasteiger partial charge in [0.05, 0.1) is 0 Å². The molecule has 1 atom stereocenters. The van der Waals surface area contributed by atoms with Gasteiger partial charge in [0.2, 0.25) is 0 Å². The molecule has 5 heteroatoms. The smallest absolute Gasteiger partial charge is 0.251 e. The summed E-state index contributed by atoms with van der Waals surface area (Å²) in [5, 5.41) is 21.5. The Hall–Kier alpha value is -1.75. The Morgan fingerprint density at radius 3 is 2.58 bits per heavy atom. The maximum absolute atomic E-state index is 12.1. The average Bonchev–Trinajstić information content (AvgIpc) is 2.92. The van der Waals surface area contributed by atoms with Gasteiger partial charge in [0.1, 0.15) is 0 Å². The van der Waals surface area contributed by atoms with Crippen molar-refractivity contribution in [2.24, 2.45) is 11.7 Å². The van der Waals surface area contributed by atoms with Gasteiger partial charge in [0.25, 0.3) is 5.91 Å². The van der Waals surface area contributed by atoms with E-state index in [4.69, 9.17) is 5.73 Å². The van der Waals surface area contributed by atoms with Gasteiger partial charge in [-0.15, -0.1) is 0 Å². The Morgan fingerprint density at radius 2 is 2.00 bits per heavy atom. The maximum atomic E-state index is 12.1. The largest absolute Gasteiger partial charge is 0.504 e. The highest BCUT2D eigenvalue weighted by Gasteiger charge is 2.25. The van der Waals surface area contributed by atoms with Crippen LogP contribution in [0.3, 0.4) is 0 Å². The quantitative estimate of drug-likeness (QED) is 0.617. The number of nitrogens with two attached hydrogens (primary N) is 1. The zero-order valence-electron chi connectivity index (χ0n) is 10.8. The first kappa shape index (κ1) is 13.7. The lowest BCUT2D eigenvalue weighted by Gasteiger charge is -2.23. The van der Waals surface area contributed by atoms with Gasteiger partial charge >= 0.3 is 0 Å². The number of nitrogens with one attached hydrogen (secondary N) is 1. The molecule has 0 saturated heterocycles. The van der Waals surface area contributed by atoms with Crippen molar-refractivity contribution in [3.05, 3.63) is 23.8 Å². The molecule has 1 unspecified atom stereocenters. The second kappa shape index (κ2) is 5.93. The van der Waals surface area contributed by atoms with Crippen LogP contribution in [0.1, 0.15) is 36.0 Å². The number of amides is 1. The number of carbonyl (C=O) groups excluding carboxylic acids is 1. The third-order valence-electron chi connectivity index (χ3n) is 3.78. The van der Waals surface area contributed by atoms with Gasteiger partial charge in [-0.2, -0.15) is 0 Å². The van der Waals surface area contributed by atoms with Gasteiger partial charge in [0.15, 0.2) is 11.5 Å². The molecule has 0 spiro atoms. The lowest BCUT2D eigenvalue weighted by Crippen LogP contribution is -2.44. The van der Waals surface area contributed by atoms with Crippen LogP contribution < -0.4 is 11.1 Å². The first-order chi connectivity index (χ1) is 9.11. The Kier molecular flexibility index (Phi) is 4.27. The number of phenolic OH excluding ortho intramolecular Hbond substituents is 2. The van der Waals surface area contributed by atoms with E-state index in [-0.39, 0.29) is 23.4 Å². The van der Waals surface area contributed by atoms with Crippen molar-refractivity contribution >= 4 is 5.91 Å². The number of hydrogen-bond acceptors (Lipinski definition) is 4. The second-order valence-electron chi connectivity index (χ2n) is 5.06. The monoisotopic (exact) mass is 264 g/mol. The number of rotatable bonds is 4. The molecule has 1 aromatic carbocycles. The first-order valence-corrected chi connectivity index (χ1v) is 6.64. The van der Waals surface area contributed by atoms with E-state index in [9.17, 15) is 15.0 Å². The number of benzene rings is 1. The van der Waals surface area contributed by atoms with Crippen molar-refractivity contribution in [1.29, 1.82) is 0 Å². The molecule has 0 radical (unpaired) electrons. The molecule has 2 rings (SSSR count). The normalized spacial score (nSPS) is 17.3. The van der Waals surface area contributed by atoms with Crippen LogP contribution in [0, 0.1) is 5.92 Å². The van der Waals surface area contributed by atoms with E-state index < -0.39 is 0 Å². The molecular formula is C14H20N2O3. The first-order valence-electron chi connectivity index (χ1n) is 6.64. The summed E-state index contributed by atoms with van der Waals surface area (Å²) in [6, 6.07) is 4.02. The van der Waals surface area contributed by atoms with Crippen molar-refractivity contribution < 1.29 is 15.0 Å². The summed E-state index contributed by atoms with van der Waals surface area (Å²) in [4.78, 5) is 12.1. The molecule has 0 aliphatic heterocycles. The van der Waals surface area contributed by atoms with Gasteiger partial charge in [-0.1, -0.05) is 12.8 Å². The highest BCUT2D eigenvalue weighted by atomic mass is 16.3. The number of aromatic hydroxyl groups is 2. The number of hydrogen-bond donors (Lipinski definition) is 4. The van der Waals surface area contributed by atoms with Crippen LogP contribution in [0.4, 0.5) is 0 Å². The summed E-state index contributed by atoms with van der Waals surface area (Å²) in [6.07, 6.45) is 4.58. The summed E-state index contributed by atoms with van der Waals surface area (Å²) in [7, 11) is 0. The molecule has 19 heavy (non-hydrogen) atoms. The van der Waals surface area contributed by atoms with Crippen LogP contribution in [0.25, 0.3) is 0 Å². The topological polar surface area (TPSA) is 95.6 Å². The van der Waals surface area contributed by atoms with Crippen LogP contribution in [-0.4, -0.2) is 28.7 Å². The number of carbonyl (C=O) groups is 1. The highest BCUT2D eigenvalue weighted by molar-refractivity contribution is 5.95. The van der Waals surface area contributed by atoms with Gasteiger partial charge in [-0.25, -0.2) is 0 Å². The zero-order valence-corrected chi connectivity index (χ0v) is 10.8. The Bertz CT molecular complexity index is 456. The lowest BCUT2D eigenvalue weighted by molar-refractivity contribution is 0.0923. The van der Waals surface area contributed by atoms with E-state index in [1.807, 2.05) is 0 Å². The molecular weight excluding hydrogens is 244 g/mol. The Labute approximate surface area is 112 Å². The minimum atomic E-state index is -0.294. The third kappa shape index (κ3) is 3.17. The SMILES string of the molecule is NCC(NC(=O)c1ccc(O)c(O)c1)C1CCCC1. The molecule has 5 N–H and O–H groups in total. The second-order valence-corrected chi connectivity index (χ2v) is 5.06. The van der Waals surface area contributed by atoms with Crippen molar-refractivity contribution in [3.63, 3.8) is 0 Å². The molecule has 0 aromatic heterocycles. The molecule has 0 heterocycles. The van der Waals surface area contributed by atoms with Gasteiger partial charge in [-0.3, -0.25) is 4.79 Å². The molecule has 0 bridgehead atoms. The van der Waals surface area contributed by atoms with Gasteiger partial charge < -0.3 is 21.3 Å².